The Labute approximate surface area is 126 Å². The molecule has 0 saturated heterocycles. The molecule has 0 heterocycles. The van der Waals surface area contributed by atoms with Gasteiger partial charge in [0, 0.05) is 0 Å². The zero-order valence-corrected chi connectivity index (χ0v) is 12.8. The Kier molecular flexibility index (Phi) is 4.61. The van der Waals surface area contributed by atoms with E-state index in [1.807, 2.05) is 30.4 Å². The maximum atomic E-state index is 9.22. The molecule has 0 unspecified atom stereocenters. The molecule has 0 aliphatic heterocycles. The largest absolute Gasteiger partial charge is 0.508 e. The predicted molar refractivity (Wildman–Crippen MR) is 92.2 cm³/mol. The van der Waals surface area contributed by atoms with Gasteiger partial charge in [0.1, 0.15) is 11.4 Å². The molecule has 0 fully saturated rings. The second-order valence-corrected chi connectivity index (χ2v) is 5.91. The number of benzene rings is 2. The van der Waals surface area contributed by atoms with Crippen molar-refractivity contribution in [3.8, 4) is 5.75 Å². The number of hydrogen-bond acceptors (Lipinski definition) is 1. The highest BCUT2D eigenvalue weighted by atomic mass is 16.3. The first-order valence-electron chi connectivity index (χ1n) is 7.01. The third-order valence-electron chi connectivity index (χ3n) is 3.25. The summed E-state index contributed by atoms with van der Waals surface area (Å²) in [5, 5.41) is 9.22. The number of rotatable bonds is 4. The topological polar surface area (TPSA) is 20.2 Å². The van der Waals surface area contributed by atoms with Crippen LogP contribution in [0.2, 0.25) is 0 Å². The van der Waals surface area contributed by atoms with Crippen molar-refractivity contribution in [1.82, 2.24) is 4.48 Å². The van der Waals surface area contributed by atoms with Crippen LogP contribution in [0.1, 0.15) is 11.1 Å². The maximum Gasteiger partial charge on any atom is 0.132 e. The fourth-order valence-corrected chi connectivity index (χ4v) is 1.95. The highest BCUT2D eigenvalue weighted by molar-refractivity contribution is 5.59. The van der Waals surface area contributed by atoms with Crippen LogP contribution in [0, 0.1) is 0 Å². The van der Waals surface area contributed by atoms with E-state index in [0.29, 0.717) is 5.75 Å². The zero-order chi connectivity index (χ0) is 15.3. The Morgan fingerprint density at radius 1 is 0.714 bits per heavy atom. The number of phenolic OH excluding ortho intramolecular Hbond substituents is 1. The van der Waals surface area contributed by atoms with Crippen molar-refractivity contribution in [2.45, 2.75) is 0 Å². The van der Waals surface area contributed by atoms with Crippen molar-refractivity contribution in [3.05, 3.63) is 71.8 Å². The summed E-state index contributed by atoms with van der Waals surface area (Å²) in [7, 11) is 6.47. The average molecular weight is 280 g/mol. The van der Waals surface area contributed by atoms with E-state index >= 15 is 0 Å². The normalized spacial score (nSPS) is 12.3. The third-order valence-corrected chi connectivity index (χ3v) is 3.25. The molecule has 0 radical (unpaired) electrons. The Bertz CT molecular complexity index is 629. The second-order valence-electron chi connectivity index (χ2n) is 5.91. The molecule has 0 aromatic heterocycles. The van der Waals surface area contributed by atoms with Crippen LogP contribution in [0.3, 0.4) is 0 Å². The number of allylic oxidation sites excluding steroid dienone is 2. The monoisotopic (exact) mass is 280 g/mol. The summed E-state index contributed by atoms with van der Waals surface area (Å²) in [5.74, 6) is 0.292. The van der Waals surface area contributed by atoms with E-state index in [0.717, 1.165) is 10.0 Å². The van der Waals surface area contributed by atoms with Gasteiger partial charge in [0.25, 0.3) is 0 Å². The first-order valence-corrected chi connectivity index (χ1v) is 7.01. The fraction of sp³-hybridized carbons (Fsp3) is 0.158. The molecule has 0 saturated carbocycles. The molecular weight excluding hydrogens is 258 g/mol. The van der Waals surface area contributed by atoms with Crippen LogP contribution < -0.4 is 4.48 Å². The van der Waals surface area contributed by atoms with Crippen LogP contribution in [0.15, 0.2) is 60.7 Å². The molecule has 0 aliphatic carbocycles. The summed E-state index contributed by atoms with van der Waals surface area (Å²) in [6, 6.07) is 15.7. The Morgan fingerprint density at radius 3 is 1.57 bits per heavy atom. The van der Waals surface area contributed by atoms with E-state index in [1.54, 1.807) is 12.1 Å². The average Bonchev–Trinajstić information content (AvgIpc) is 2.45. The van der Waals surface area contributed by atoms with E-state index in [4.69, 9.17) is 0 Å². The van der Waals surface area contributed by atoms with Crippen molar-refractivity contribution in [1.29, 1.82) is 0 Å². The van der Waals surface area contributed by atoms with Crippen molar-refractivity contribution >= 4 is 17.8 Å². The summed E-state index contributed by atoms with van der Waals surface area (Å²) in [5.41, 5.74) is 3.53. The van der Waals surface area contributed by atoms with Crippen LogP contribution in [-0.2, 0) is 0 Å². The molecule has 0 amide bonds. The Balaban J connectivity index is 1.99. The van der Waals surface area contributed by atoms with Crippen LogP contribution >= 0.6 is 0 Å². The summed E-state index contributed by atoms with van der Waals surface area (Å²) in [6.45, 7) is 0. The van der Waals surface area contributed by atoms with Gasteiger partial charge in [-0.05, 0) is 47.5 Å². The van der Waals surface area contributed by atoms with Crippen molar-refractivity contribution in [3.63, 3.8) is 0 Å². The minimum Gasteiger partial charge on any atom is -0.508 e. The molecule has 0 aliphatic rings. The molecule has 1 N–H and O–H groups in total. The Hall–Kier alpha value is -2.32. The maximum absolute atomic E-state index is 9.22. The molecule has 2 nitrogen and oxygen atoms in total. The van der Waals surface area contributed by atoms with Crippen LogP contribution in [0.5, 0.6) is 5.75 Å². The second kappa shape index (κ2) is 6.42. The number of quaternary nitrogens is 1. The molecule has 2 aromatic rings. The highest BCUT2D eigenvalue weighted by Gasteiger charge is 2.10. The number of phenols is 1. The molecule has 2 aromatic carbocycles. The molecule has 0 bridgehead atoms. The van der Waals surface area contributed by atoms with Gasteiger partial charge < -0.3 is 5.11 Å². The van der Waals surface area contributed by atoms with Gasteiger partial charge in [0.05, 0.1) is 21.1 Å². The summed E-state index contributed by atoms with van der Waals surface area (Å²) < 4.78 is 0.824. The molecular formula is C19H22NO+. The summed E-state index contributed by atoms with van der Waals surface area (Å²) in [4.78, 5) is 0. The van der Waals surface area contributed by atoms with Crippen molar-refractivity contribution in [2.24, 2.45) is 0 Å². The summed E-state index contributed by atoms with van der Waals surface area (Å²) >= 11 is 0. The van der Waals surface area contributed by atoms with Gasteiger partial charge in [-0.15, -0.1) is 0 Å². The van der Waals surface area contributed by atoms with Gasteiger partial charge in [-0.1, -0.05) is 36.4 Å². The fourth-order valence-electron chi connectivity index (χ4n) is 1.95. The molecule has 21 heavy (non-hydrogen) atoms. The smallest absolute Gasteiger partial charge is 0.132 e. The predicted octanol–water partition coefficient (Wildman–Crippen LogP) is 4.32. The van der Waals surface area contributed by atoms with Crippen LogP contribution in [0.4, 0.5) is 5.69 Å². The van der Waals surface area contributed by atoms with Gasteiger partial charge >= 0.3 is 0 Å². The quantitative estimate of drug-likeness (QED) is 0.653. The van der Waals surface area contributed by atoms with Gasteiger partial charge in [0.15, 0.2) is 0 Å². The SMILES string of the molecule is C[N+](C)(C)c1ccc(/C=C/C=C/c2ccc(O)cc2)cc1. The lowest BCUT2D eigenvalue weighted by atomic mass is 10.1. The van der Waals surface area contributed by atoms with E-state index in [9.17, 15) is 5.11 Å². The molecule has 108 valence electrons. The third kappa shape index (κ3) is 4.62. The van der Waals surface area contributed by atoms with Crippen LogP contribution in [0.25, 0.3) is 12.2 Å². The lowest BCUT2D eigenvalue weighted by molar-refractivity contribution is 0.475. The number of hydrogen-bond donors (Lipinski definition) is 1. The minimum absolute atomic E-state index is 0.292. The van der Waals surface area contributed by atoms with Crippen molar-refractivity contribution < 1.29 is 5.11 Å². The van der Waals surface area contributed by atoms with Gasteiger partial charge in [-0.2, -0.15) is 0 Å². The van der Waals surface area contributed by atoms with Gasteiger partial charge in [-0.25, -0.2) is 0 Å². The first kappa shape index (κ1) is 15.1. The zero-order valence-electron chi connectivity index (χ0n) is 12.8. The Morgan fingerprint density at radius 2 is 1.14 bits per heavy atom. The number of aromatic hydroxyl groups is 1. The lowest BCUT2D eigenvalue weighted by Gasteiger charge is -2.23. The molecule has 0 atom stereocenters. The first-order chi connectivity index (χ1) is 9.95. The van der Waals surface area contributed by atoms with E-state index < -0.39 is 0 Å². The molecule has 2 rings (SSSR count). The van der Waals surface area contributed by atoms with E-state index in [-0.39, 0.29) is 0 Å². The molecule has 2 heteroatoms. The standard InChI is InChI=1S/C19H21NO/c1-20(2,3)18-12-8-16(9-13-18)6-4-5-7-17-10-14-19(21)15-11-17/h4-15H,1-3H3/p+1/b6-4+,7-5+. The lowest BCUT2D eigenvalue weighted by Crippen LogP contribution is -2.34. The van der Waals surface area contributed by atoms with Crippen LogP contribution in [-0.4, -0.2) is 26.2 Å². The summed E-state index contributed by atoms with van der Waals surface area (Å²) in [6.07, 6.45) is 8.11. The highest BCUT2D eigenvalue weighted by Crippen LogP contribution is 2.18. The molecule has 0 spiro atoms. The van der Waals surface area contributed by atoms with E-state index in [1.165, 1.54) is 11.3 Å². The number of nitrogens with zero attached hydrogens (tertiary/aromatic N) is 1. The van der Waals surface area contributed by atoms with E-state index in [2.05, 4.69) is 51.5 Å². The van der Waals surface area contributed by atoms with Crippen molar-refractivity contribution in [2.75, 3.05) is 21.1 Å². The minimum atomic E-state index is 0.292. The van der Waals surface area contributed by atoms with Gasteiger partial charge in [-0.3, -0.25) is 4.48 Å². The van der Waals surface area contributed by atoms with Gasteiger partial charge in [0.2, 0.25) is 0 Å².